The van der Waals surface area contributed by atoms with Gasteiger partial charge in [0.1, 0.15) is 11.9 Å². The first-order valence-electron chi connectivity index (χ1n) is 6.36. The fourth-order valence-electron chi connectivity index (χ4n) is 3.40. The van der Waals surface area contributed by atoms with Crippen molar-refractivity contribution >= 4 is 21.6 Å². The molecule has 0 heterocycles. The first kappa shape index (κ1) is 11.4. The first-order chi connectivity index (χ1) is 8.13. The van der Waals surface area contributed by atoms with Crippen LogP contribution in [0.1, 0.15) is 31.2 Å². The quantitative estimate of drug-likeness (QED) is 0.840. The van der Waals surface area contributed by atoms with E-state index in [9.17, 15) is 0 Å². The van der Waals surface area contributed by atoms with Crippen LogP contribution < -0.4 is 10.5 Å². The van der Waals surface area contributed by atoms with Crippen LogP contribution in [0.3, 0.4) is 0 Å². The minimum atomic E-state index is 0.399. The van der Waals surface area contributed by atoms with E-state index in [0.29, 0.717) is 6.10 Å². The van der Waals surface area contributed by atoms with Crippen molar-refractivity contribution in [2.75, 3.05) is 5.73 Å². The first-order valence-corrected chi connectivity index (χ1v) is 7.15. The summed E-state index contributed by atoms with van der Waals surface area (Å²) in [5.41, 5.74) is 7.92. The maximum Gasteiger partial charge on any atom is 0.145 e. The van der Waals surface area contributed by atoms with Gasteiger partial charge in [-0.3, -0.25) is 0 Å². The van der Waals surface area contributed by atoms with Crippen molar-refractivity contribution in [1.29, 1.82) is 0 Å². The summed E-state index contributed by atoms with van der Waals surface area (Å²) in [6, 6.07) is 3.99. The highest BCUT2D eigenvalue weighted by atomic mass is 79.9. The van der Waals surface area contributed by atoms with Crippen LogP contribution >= 0.6 is 15.9 Å². The molecular formula is C14H18BrNO. The SMILES string of the molecule is Cc1cc(Br)cc(N)c1OC1CC2CCC1C2. The molecule has 3 unspecified atom stereocenters. The fraction of sp³-hybridized carbons (Fsp3) is 0.571. The number of hydrogen-bond donors (Lipinski definition) is 1. The Hall–Kier alpha value is -0.700. The lowest BCUT2D eigenvalue weighted by molar-refractivity contribution is 0.138. The normalized spacial score (nSPS) is 30.8. The van der Waals surface area contributed by atoms with E-state index in [1.54, 1.807) is 0 Å². The molecule has 0 aliphatic heterocycles. The van der Waals surface area contributed by atoms with Crippen molar-refractivity contribution in [2.24, 2.45) is 11.8 Å². The van der Waals surface area contributed by atoms with Crippen LogP contribution in [0.5, 0.6) is 5.75 Å². The minimum Gasteiger partial charge on any atom is -0.488 e. The van der Waals surface area contributed by atoms with Gasteiger partial charge in [-0.05, 0) is 62.1 Å². The van der Waals surface area contributed by atoms with Crippen LogP contribution in [0.25, 0.3) is 0 Å². The number of nitrogens with two attached hydrogens (primary N) is 1. The number of nitrogen functional groups attached to an aromatic ring is 1. The lowest BCUT2D eigenvalue weighted by atomic mass is 9.97. The van der Waals surface area contributed by atoms with E-state index in [-0.39, 0.29) is 0 Å². The molecule has 3 rings (SSSR count). The number of ether oxygens (including phenoxy) is 1. The van der Waals surface area contributed by atoms with Gasteiger partial charge in [-0.25, -0.2) is 0 Å². The van der Waals surface area contributed by atoms with Gasteiger partial charge in [-0.2, -0.15) is 0 Å². The molecule has 2 aliphatic carbocycles. The Kier molecular flexibility index (Phi) is 2.81. The lowest BCUT2D eigenvalue weighted by Crippen LogP contribution is -2.24. The minimum absolute atomic E-state index is 0.399. The van der Waals surface area contributed by atoms with Gasteiger partial charge < -0.3 is 10.5 Å². The Bertz CT molecular complexity index is 423. The average Bonchev–Trinajstić information content (AvgIpc) is 2.84. The van der Waals surface area contributed by atoms with Gasteiger partial charge in [-0.15, -0.1) is 0 Å². The third-order valence-electron chi connectivity index (χ3n) is 4.21. The maximum absolute atomic E-state index is 6.18. The largest absolute Gasteiger partial charge is 0.488 e. The highest BCUT2D eigenvalue weighted by Crippen LogP contribution is 2.47. The highest BCUT2D eigenvalue weighted by Gasteiger charge is 2.41. The molecule has 0 spiro atoms. The average molecular weight is 296 g/mol. The van der Waals surface area contributed by atoms with E-state index < -0.39 is 0 Å². The summed E-state index contributed by atoms with van der Waals surface area (Å²) in [6.45, 7) is 2.06. The molecule has 2 bridgehead atoms. The van der Waals surface area contributed by atoms with Crippen LogP contribution in [0.4, 0.5) is 5.69 Å². The van der Waals surface area contributed by atoms with E-state index in [1.165, 1.54) is 25.7 Å². The molecule has 0 aromatic heterocycles. The fourth-order valence-corrected chi connectivity index (χ4v) is 3.99. The number of benzene rings is 1. The lowest BCUT2D eigenvalue weighted by Gasteiger charge is -2.25. The molecular weight excluding hydrogens is 278 g/mol. The molecule has 3 heteroatoms. The summed E-state index contributed by atoms with van der Waals surface area (Å²) in [4.78, 5) is 0. The number of aryl methyl sites for hydroxylation is 1. The van der Waals surface area contributed by atoms with Crippen LogP contribution in [0.15, 0.2) is 16.6 Å². The van der Waals surface area contributed by atoms with Crippen molar-refractivity contribution in [3.8, 4) is 5.75 Å². The third kappa shape index (κ3) is 2.05. The molecule has 1 aromatic carbocycles. The standard InChI is InChI=1S/C14H18BrNO/c1-8-4-11(15)7-12(16)14(8)17-13-6-9-2-3-10(13)5-9/h4,7,9-10,13H,2-3,5-6,16H2,1H3. The van der Waals surface area contributed by atoms with Gasteiger partial charge in [0.15, 0.2) is 0 Å². The molecule has 92 valence electrons. The van der Waals surface area contributed by atoms with Crippen LogP contribution in [-0.2, 0) is 0 Å². The highest BCUT2D eigenvalue weighted by molar-refractivity contribution is 9.10. The van der Waals surface area contributed by atoms with Crippen molar-refractivity contribution < 1.29 is 4.74 Å². The van der Waals surface area contributed by atoms with E-state index in [0.717, 1.165) is 33.3 Å². The van der Waals surface area contributed by atoms with E-state index >= 15 is 0 Å². The Balaban J connectivity index is 1.81. The number of hydrogen-bond acceptors (Lipinski definition) is 2. The number of fused-ring (bicyclic) bond motifs is 2. The molecule has 0 amide bonds. The molecule has 0 saturated heterocycles. The van der Waals surface area contributed by atoms with Gasteiger partial charge in [0.05, 0.1) is 5.69 Å². The summed E-state index contributed by atoms with van der Waals surface area (Å²) in [5.74, 6) is 2.56. The second-order valence-corrected chi connectivity index (χ2v) is 6.39. The predicted octanol–water partition coefficient (Wildman–Crippen LogP) is 3.91. The van der Waals surface area contributed by atoms with Crippen LogP contribution in [0.2, 0.25) is 0 Å². The van der Waals surface area contributed by atoms with Gasteiger partial charge in [0, 0.05) is 4.47 Å². The Morgan fingerprint density at radius 2 is 2.12 bits per heavy atom. The molecule has 2 aliphatic rings. The van der Waals surface area contributed by atoms with E-state index in [2.05, 4.69) is 28.9 Å². The molecule has 2 saturated carbocycles. The smallest absolute Gasteiger partial charge is 0.145 e. The predicted molar refractivity (Wildman–Crippen MR) is 73.2 cm³/mol. The topological polar surface area (TPSA) is 35.2 Å². The third-order valence-corrected chi connectivity index (χ3v) is 4.67. The van der Waals surface area contributed by atoms with Gasteiger partial charge >= 0.3 is 0 Å². The number of rotatable bonds is 2. The van der Waals surface area contributed by atoms with Crippen molar-refractivity contribution in [3.63, 3.8) is 0 Å². The summed E-state index contributed by atoms with van der Waals surface area (Å²) in [7, 11) is 0. The molecule has 3 atom stereocenters. The monoisotopic (exact) mass is 295 g/mol. The second-order valence-electron chi connectivity index (χ2n) is 5.47. The summed E-state index contributed by atoms with van der Waals surface area (Å²) in [6.07, 6.45) is 5.72. The van der Waals surface area contributed by atoms with Crippen molar-refractivity contribution in [1.82, 2.24) is 0 Å². The van der Waals surface area contributed by atoms with Gasteiger partial charge in [-0.1, -0.05) is 15.9 Å². The van der Waals surface area contributed by atoms with E-state index in [1.807, 2.05) is 6.07 Å². The van der Waals surface area contributed by atoms with E-state index in [4.69, 9.17) is 10.5 Å². The zero-order valence-corrected chi connectivity index (χ0v) is 11.7. The second kappa shape index (κ2) is 4.20. The number of anilines is 1. The zero-order valence-electron chi connectivity index (χ0n) is 10.1. The van der Waals surface area contributed by atoms with Crippen molar-refractivity contribution in [3.05, 3.63) is 22.2 Å². The molecule has 1 aromatic rings. The Labute approximate surface area is 111 Å². The van der Waals surface area contributed by atoms with Crippen LogP contribution in [0, 0.1) is 18.8 Å². The molecule has 0 radical (unpaired) electrons. The molecule has 17 heavy (non-hydrogen) atoms. The molecule has 2 N–H and O–H groups in total. The summed E-state index contributed by atoms with van der Waals surface area (Å²) >= 11 is 3.46. The van der Waals surface area contributed by atoms with Crippen LogP contribution in [-0.4, -0.2) is 6.10 Å². The number of halogens is 1. The maximum atomic E-state index is 6.18. The summed E-state index contributed by atoms with van der Waals surface area (Å²) in [5, 5.41) is 0. The van der Waals surface area contributed by atoms with Crippen molar-refractivity contribution in [2.45, 2.75) is 38.7 Å². The van der Waals surface area contributed by atoms with Gasteiger partial charge in [0.2, 0.25) is 0 Å². The zero-order chi connectivity index (χ0) is 12.0. The Morgan fingerprint density at radius 1 is 1.29 bits per heavy atom. The summed E-state index contributed by atoms with van der Waals surface area (Å²) < 4.78 is 7.20. The van der Waals surface area contributed by atoms with Gasteiger partial charge in [0.25, 0.3) is 0 Å². The molecule has 2 fully saturated rings. The molecule has 2 nitrogen and oxygen atoms in total. The Morgan fingerprint density at radius 3 is 2.71 bits per heavy atom.